The molecule has 0 spiro atoms. The van der Waals surface area contributed by atoms with E-state index in [2.05, 4.69) is 38.2 Å². The van der Waals surface area contributed by atoms with Crippen molar-refractivity contribution < 1.29 is 37.3 Å². The van der Waals surface area contributed by atoms with Crippen molar-refractivity contribution in [3.05, 3.63) is 36.6 Å². The van der Waals surface area contributed by atoms with Gasteiger partial charge < -0.3 is 18.9 Å². The lowest BCUT2D eigenvalue weighted by molar-refractivity contribution is -0.870. The largest absolute Gasteiger partial charge is 0.498 e. The zero-order valence-corrected chi connectivity index (χ0v) is 37.6. The van der Waals surface area contributed by atoms with Crippen LogP contribution in [0, 0.1) is 0 Å². The highest BCUT2D eigenvalue weighted by atomic mass is 31.2. The third-order valence-corrected chi connectivity index (χ3v) is 10.8. The lowest BCUT2D eigenvalue weighted by Crippen LogP contribution is -2.37. The standard InChI is InChI=1S/C46H88NO7P/c1-6-8-10-12-14-16-18-20-22-23-24-25-26-27-29-31-33-35-37-39-46(48)54-45(44-53-55(49,50)52-42-40-47(3,4)5)43-51-41-38-36-34-32-30-28-21-19-17-15-13-11-9-7-2/h14,16,20,22,38,41,45H,6-13,15,17-19,21,23-37,39-40,42-44H2,1-5H3/p+1/b16-14-,22-20-,41-38-. The SMILES string of the molecule is CCCCC/C=C\C/C=C\CCCCCCCCCCCC(=O)OC(CO/C=C\CCCCCCCCCCCCCC)COP(=O)(O)OCC[N+](C)(C)C. The maximum absolute atomic E-state index is 12.7. The molecule has 55 heavy (non-hydrogen) atoms. The second-order valence-corrected chi connectivity index (χ2v) is 18.0. The zero-order chi connectivity index (χ0) is 40.6. The van der Waals surface area contributed by atoms with Gasteiger partial charge >= 0.3 is 13.8 Å². The van der Waals surface area contributed by atoms with E-state index in [4.69, 9.17) is 18.5 Å². The van der Waals surface area contributed by atoms with Crippen LogP contribution >= 0.6 is 7.82 Å². The van der Waals surface area contributed by atoms with E-state index in [1.165, 1.54) is 141 Å². The first-order valence-electron chi connectivity index (χ1n) is 22.8. The number of nitrogens with zero attached hydrogens (tertiary/aromatic N) is 1. The number of hydrogen-bond acceptors (Lipinski definition) is 6. The Morgan fingerprint density at radius 1 is 0.582 bits per heavy atom. The maximum atomic E-state index is 12.7. The van der Waals surface area contributed by atoms with Crippen molar-refractivity contribution in [2.24, 2.45) is 0 Å². The highest BCUT2D eigenvalue weighted by molar-refractivity contribution is 7.47. The van der Waals surface area contributed by atoms with Gasteiger partial charge in [0.25, 0.3) is 0 Å². The van der Waals surface area contributed by atoms with Crippen LogP contribution in [0.15, 0.2) is 36.6 Å². The topological polar surface area (TPSA) is 91.3 Å². The third-order valence-electron chi connectivity index (χ3n) is 9.77. The van der Waals surface area contributed by atoms with Crippen molar-refractivity contribution >= 4 is 13.8 Å². The molecule has 0 aromatic heterocycles. The van der Waals surface area contributed by atoms with Crippen LogP contribution in [0.5, 0.6) is 0 Å². The first-order chi connectivity index (χ1) is 26.6. The number of allylic oxidation sites excluding steroid dienone is 5. The van der Waals surface area contributed by atoms with E-state index in [0.717, 1.165) is 38.5 Å². The molecule has 2 atom stereocenters. The molecule has 0 aromatic carbocycles. The van der Waals surface area contributed by atoms with Gasteiger partial charge in [0.15, 0.2) is 6.10 Å². The fraction of sp³-hybridized carbons (Fsp3) is 0.848. The number of esters is 1. The Labute approximate surface area is 340 Å². The van der Waals surface area contributed by atoms with Gasteiger partial charge in [0, 0.05) is 6.42 Å². The van der Waals surface area contributed by atoms with E-state index >= 15 is 0 Å². The summed E-state index contributed by atoms with van der Waals surface area (Å²) in [7, 11) is 1.63. The van der Waals surface area contributed by atoms with Crippen LogP contribution in [-0.4, -0.2) is 69.0 Å². The smallest absolute Gasteiger partial charge is 0.472 e. The summed E-state index contributed by atoms with van der Waals surface area (Å²) in [6.45, 7) is 4.91. The molecule has 0 radical (unpaired) electrons. The molecule has 9 heteroatoms. The predicted octanol–water partition coefficient (Wildman–Crippen LogP) is 13.7. The summed E-state index contributed by atoms with van der Waals surface area (Å²) in [5.74, 6) is -0.339. The highest BCUT2D eigenvalue weighted by Crippen LogP contribution is 2.43. The first-order valence-corrected chi connectivity index (χ1v) is 24.3. The summed E-state index contributed by atoms with van der Waals surface area (Å²) >= 11 is 0. The Morgan fingerprint density at radius 3 is 1.53 bits per heavy atom. The molecular weight excluding hydrogens is 709 g/mol. The molecule has 0 saturated carbocycles. The van der Waals surface area contributed by atoms with Gasteiger partial charge in [0.05, 0.1) is 34.0 Å². The predicted molar refractivity (Wildman–Crippen MR) is 233 cm³/mol. The lowest BCUT2D eigenvalue weighted by Gasteiger charge is -2.24. The zero-order valence-electron chi connectivity index (χ0n) is 36.7. The Morgan fingerprint density at radius 2 is 1.02 bits per heavy atom. The van der Waals surface area contributed by atoms with Crippen LogP contribution in [0.3, 0.4) is 0 Å². The molecule has 0 amide bonds. The Balaban J connectivity index is 4.25. The van der Waals surface area contributed by atoms with Crippen LogP contribution in [0.1, 0.15) is 200 Å². The fourth-order valence-corrected chi connectivity index (χ4v) is 6.94. The van der Waals surface area contributed by atoms with Crippen LogP contribution in [0.2, 0.25) is 0 Å². The van der Waals surface area contributed by atoms with Crippen molar-refractivity contribution in [2.75, 3.05) is 47.5 Å². The van der Waals surface area contributed by atoms with Gasteiger partial charge in [-0.05, 0) is 57.4 Å². The van der Waals surface area contributed by atoms with Crippen LogP contribution in [-0.2, 0) is 27.9 Å². The number of hydrogen-bond donors (Lipinski definition) is 1. The van der Waals surface area contributed by atoms with Crippen molar-refractivity contribution in [1.29, 1.82) is 0 Å². The van der Waals surface area contributed by atoms with Crippen molar-refractivity contribution in [3.8, 4) is 0 Å². The molecule has 0 aliphatic rings. The second-order valence-electron chi connectivity index (χ2n) is 16.5. The van der Waals surface area contributed by atoms with Gasteiger partial charge in [-0.3, -0.25) is 13.8 Å². The van der Waals surface area contributed by atoms with E-state index in [9.17, 15) is 14.3 Å². The van der Waals surface area contributed by atoms with Crippen LogP contribution in [0.25, 0.3) is 0 Å². The molecule has 2 unspecified atom stereocenters. The van der Waals surface area contributed by atoms with E-state index in [1.807, 2.05) is 27.2 Å². The number of phosphoric ester groups is 1. The van der Waals surface area contributed by atoms with Gasteiger partial charge in [-0.15, -0.1) is 0 Å². The number of rotatable bonds is 42. The Bertz CT molecular complexity index is 978. The average molecular weight is 799 g/mol. The number of carbonyl (C=O) groups is 1. The Hall–Kier alpha value is -1.44. The summed E-state index contributed by atoms with van der Waals surface area (Å²) in [6.07, 6.45) is 47.0. The number of likely N-dealkylation sites (N-methyl/N-ethyl adjacent to an activating group) is 1. The van der Waals surface area contributed by atoms with E-state index in [-0.39, 0.29) is 25.8 Å². The van der Waals surface area contributed by atoms with E-state index in [1.54, 1.807) is 6.26 Å². The minimum absolute atomic E-state index is 0.0480. The summed E-state index contributed by atoms with van der Waals surface area (Å²) in [4.78, 5) is 22.9. The maximum Gasteiger partial charge on any atom is 0.472 e. The van der Waals surface area contributed by atoms with Gasteiger partial charge in [0.1, 0.15) is 19.8 Å². The summed E-state index contributed by atoms with van der Waals surface area (Å²) in [5.41, 5.74) is 0. The second kappa shape index (κ2) is 39.4. The van der Waals surface area contributed by atoms with Crippen LogP contribution < -0.4 is 0 Å². The molecule has 0 bridgehead atoms. The minimum Gasteiger partial charge on any atom is -0.498 e. The molecule has 0 aromatic rings. The molecule has 8 nitrogen and oxygen atoms in total. The van der Waals surface area contributed by atoms with Gasteiger partial charge in [0.2, 0.25) is 0 Å². The normalized spacial score (nSPS) is 14.0. The van der Waals surface area contributed by atoms with Gasteiger partial charge in [-0.2, -0.15) is 0 Å². The van der Waals surface area contributed by atoms with Crippen molar-refractivity contribution in [3.63, 3.8) is 0 Å². The molecule has 0 aliphatic carbocycles. The van der Waals surface area contributed by atoms with Gasteiger partial charge in [-0.25, -0.2) is 4.57 Å². The number of phosphoric acid groups is 1. The molecular formula is C46H89NO7P+. The molecule has 0 heterocycles. The number of quaternary nitrogens is 1. The van der Waals surface area contributed by atoms with Crippen molar-refractivity contribution in [2.45, 2.75) is 206 Å². The number of ether oxygens (including phenoxy) is 2. The third kappa shape index (κ3) is 43.5. The number of carbonyl (C=O) groups excluding carboxylic acids is 1. The summed E-state index contributed by atoms with van der Waals surface area (Å²) in [5, 5.41) is 0. The fourth-order valence-electron chi connectivity index (χ4n) is 6.20. The average Bonchev–Trinajstić information content (AvgIpc) is 3.13. The quantitative estimate of drug-likeness (QED) is 0.0164. The number of unbranched alkanes of at least 4 members (excludes halogenated alkanes) is 24. The molecule has 0 fully saturated rings. The molecule has 0 aliphatic heterocycles. The first kappa shape index (κ1) is 53.6. The Kier molecular flexibility index (Phi) is 38.4. The monoisotopic (exact) mass is 799 g/mol. The molecule has 324 valence electrons. The molecule has 0 saturated heterocycles. The molecule has 1 N–H and O–H groups in total. The van der Waals surface area contributed by atoms with Gasteiger partial charge in [-0.1, -0.05) is 167 Å². The summed E-state index contributed by atoms with van der Waals surface area (Å²) in [6, 6.07) is 0. The van der Waals surface area contributed by atoms with Crippen molar-refractivity contribution in [1.82, 2.24) is 0 Å². The minimum atomic E-state index is -4.29. The van der Waals surface area contributed by atoms with E-state index < -0.39 is 13.9 Å². The lowest BCUT2D eigenvalue weighted by atomic mass is 10.0. The van der Waals surface area contributed by atoms with E-state index in [0.29, 0.717) is 17.4 Å². The summed E-state index contributed by atoms with van der Waals surface area (Å²) < 4.78 is 34.8. The van der Waals surface area contributed by atoms with Crippen LogP contribution in [0.4, 0.5) is 0 Å². The molecule has 0 rings (SSSR count). The highest BCUT2D eigenvalue weighted by Gasteiger charge is 2.26.